The molecule has 1 fully saturated rings. The maximum atomic E-state index is 12.0. The number of hydrogen-bond acceptors (Lipinski definition) is 3. The number of terminal acetylenes is 1. The van der Waals surface area contributed by atoms with Crippen LogP contribution >= 0.6 is 0 Å². The number of carboxylic acids is 1. The van der Waals surface area contributed by atoms with E-state index < -0.39 is 12.0 Å². The first-order valence-electron chi connectivity index (χ1n) is 5.84. The van der Waals surface area contributed by atoms with Crippen LogP contribution in [0.2, 0.25) is 0 Å². The summed E-state index contributed by atoms with van der Waals surface area (Å²) in [5.74, 6) is 1.52. The molecule has 0 aromatic rings. The van der Waals surface area contributed by atoms with Crippen molar-refractivity contribution in [1.29, 1.82) is 0 Å². The minimum absolute atomic E-state index is 0.114. The van der Waals surface area contributed by atoms with E-state index in [1.807, 2.05) is 6.92 Å². The Kier molecular flexibility index (Phi) is 5.46. The lowest BCUT2D eigenvalue weighted by atomic mass is 10.1. The van der Waals surface area contributed by atoms with Gasteiger partial charge in [-0.25, -0.2) is 4.79 Å². The molecule has 2 unspecified atom stereocenters. The van der Waals surface area contributed by atoms with Crippen molar-refractivity contribution in [1.82, 2.24) is 10.2 Å². The first-order valence-corrected chi connectivity index (χ1v) is 5.84. The molecule has 1 aliphatic rings. The summed E-state index contributed by atoms with van der Waals surface area (Å²) in [6.07, 6.45) is 5.49. The van der Waals surface area contributed by atoms with Crippen LogP contribution in [0.1, 0.15) is 19.8 Å². The first-order chi connectivity index (χ1) is 8.54. The van der Waals surface area contributed by atoms with E-state index in [1.165, 1.54) is 4.90 Å². The zero-order valence-corrected chi connectivity index (χ0v) is 10.4. The van der Waals surface area contributed by atoms with Gasteiger partial charge in [-0.15, -0.1) is 12.3 Å². The third-order valence-electron chi connectivity index (χ3n) is 2.69. The highest BCUT2D eigenvalue weighted by molar-refractivity contribution is 5.76. The number of hydrogen-bond donors (Lipinski definition) is 2. The molecule has 2 atom stereocenters. The molecule has 0 aromatic carbocycles. The second-order valence-corrected chi connectivity index (χ2v) is 4.28. The van der Waals surface area contributed by atoms with E-state index in [9.17, 15) is 9.59 Å². The quantitative estimate of drug-likeness (QED) is 0.706. The Bertz CT molecular complexity index is 350. The van der Waals surface area contributed by atoms with E-state index in [2.05, 4.69) is 11.2 Å². The van der Waals surface area contributed by atoms with Gasteiger partial charge in [0.05, 0.1) is 25.7 Å². The summed E-state index contributed by atoms with van der Waals surface area (Å²) in [5.41, 5.74) is 0. The monoisotopic (exact) mass is 254 g/mol. The summed E-state index contributed by atoms with van der Waals surface area (Å²) < 4.78 is 5.20. The van der Waals surface area contributed by atoms with Crippen LogP contribution in [0.4, 0.5) is 4.79 Å². The highest BCUT2D eigenvalue weighted by atomic mass is 16.5. The van der Waals surface area contributed by atoms with E-state index in [0.717, 1.165) is 0 Å². The molecule has 0 radical (unpaired) electrons. The molecule has 100 valence electrons. The molecular formula is C12H18N2O4. The van der Waals surface area contributed by atoms with Crippen LogP contribution in [-0.4, -0.2) is 53.8 Å². The van der Waals surface area contributed by atoms with Crippen molar-refractivity contribution in [3.05, 3.63) is 0 Å². The van der Waals surface area contributed by atoms with Crippen molar-refractivity contribution in [3.63, 3.8) is 0 Å². The third-order valence-corrected chi connectivity index (χ3v) is 2.69. The smallest absolute Gasteiger partial charge is 0.318 e. The summed E-state index contributed by atoms with van der Waals surface area (Å²) >= 11 is 0. The standard InChI is InChI=1S/C12H18N2O4/c1-3-4-9(2)13-12(17)14-5-6-18-8-10(14)7-11(15)16/h1,9-10H,4-8H2,2H3,(H,13,17)(H,15,16). The van der Waals surface area contributed by atoms with E-state index in [1.54, 1.807) is 0 Å². The summed E-state index contributed by atoms with van der Waals surface area (Å²) in [6.45, 7) is 2.88. The van der Waals surface area contributed by atoms with Gasteiger partial charge in [-0.2, -0.15) is 0 Å². The molecule has 6 heteroatoms. The number of carbonyl (C=O) groups is 2. The van der Waals surface area contributed by atoms with Gasteiger partial charge in [0.2, 0.25) is 0 Å². The first kappa shape index (κ1) is 14.3. The number of aliphatic carboxylic acids is 1. The molecule has 18 heavy (non-hydrogen) atoms. The highest BCUT2D eigenvalue weighted by Gasteiger charge is 2.29. The Labute approximate surface area is 106 Å². The van der Waals surface area contributed by atoms with Crippen molar-refractivity contribution in [3.8, 4) is 12.3 Å². The Balaban J connectivity index is 2.57. The maximum absolute atomic E-state index is 12.0. The Morgan fingerprint density at radius 1 is 1.67 bits per heavy atom. The highest BCUT2D eigenvalue weighted by Crippen LogP contribution is 2.11. The van der Waals surface area contributed by atoms with Crippen molar-refractivity contribution < 1.29 is 19.4 Å². The van der Waals surface area contributed by atoms with Crippen molar-refractivity contribution in [2.75, 3.05) is 19.8 Å². The van der Waals surface area contributed by atoms with Crippen LogP contribution < -0.4 is 5.32 Å². The molecule has 2 amide bonds. The summed E-state index contributed by atoms with van der Waals surface area (Å²) in [7, 11) is 0. The van der Waals surface area contributed by atoms with E-state index in [0.29, 0.717) is 19.6 Å². The van der Waals surface area contributed by atoms with Gasteiger partial charge in [-0.1, -0.05) is 0 Å². The maximum Gasteiger partial charge on any atom is 0.318 e. The molecule has 6 nitrogen and oxygen atoms in total. The molecule has 2 N–H and O–H groups in total. The fourth-order valence-electron chi connectivity index (χ4n) is 1.81. The van der Waals surface area contributed by atoms with Crippen molar-refractivity contribution in [2.45, 2.75) is 31.8 Å². The SMILES string of the molecule is C#CCC(C)NC(=O)N1CCOCC1CC(=O)O. The predicted molar refractivity (Wildman–Crippen MR) is 65.0 cm³/mol. The van der Waals surface area contributed by atoms with Crippen molar-refractivity contribution >= 4 is 12.0 Å². The molecule has 0 saturated carbocycles. The van der Waals surface area contributed by atoms with Crippen LogP contribution in [0, 0.1) is 12.3 Å². The average Bonchev–Trinajstić information content (AvgIpc) is 2.28. The lowest BCUT2D eigenvalue weighted by Gasteiger charge is -2.35. The minimum atomic E-state index is -0.944. The van der Waals surface area contributed by atoms with Gasteiger partial charge in [0, 0.05) is 19.0 Å². The molecule has 0 aliphatic carbocycles. The molecule has 0 bridgehead atoms. The fraction of sp³-hybridized carbons (Fsp3) is 0.667. The molecule has 0 spiro atoms. The van der Waals surface area contributed by atoms with Gasteiger partial charge in [0.1, 0.15) is 0 Å². The van der Waals surface area contributed by atoms with Crippen LogP contribution in [0.25, 0.3) is 0 Å². The number of nitrogens with one attached hydrogen (secondary N) is 1. The molecule has 1 rings (SSSR count). The normalized spacial score (nSPS) is 20.9. The zero-order valence-electron chi connectivity index (χ0n) is 10.4. The topological polar surface area (TPSA) is 78.9 Å². The number of urea groups is 1. The Morgan fingerprint density at radius 3 is 3.00 bits per heavy atom. The van der Waals surface area contributed by atoms with Crippen LogP contribution in [0.3, 0.4) is 0 Å². The second kappa shape index (κ2) is 6.87. The summed E-state index contributed by atoms with van der Waals surface area (Å²) in [6, 6.07) is -0.836. The van der Waals surface area contributed by atoms with Crippen LogP contribution in [0.5, 0.6) is 0 Å². The summed E-state index contributed by atoms with van der Waals surface area (Å²) in [4.78, 5) is 24.2. The van der Waals surface area contributed by atoms with Crippen LogP contribution in [0.15, 0.2) is 0 Å². The number of morpholine rings is 1. The average molecular weight is 254 g/mol. The van der Waals surface area contributed by atoms with Gasteiger partial charge in [0.25, 0.3) is 0 Å². The van der Waals surface area contributed by atoms with Crippen LogP contribution in [-0.2, 0) is 9.53 Å². The number of ether oxygens (including phenoxy) is 1. The molecular weight excluding hydrogens is 236 g/mol. The number of carbonyl (C=O) groups excluding carboxylic acids is 1. The van der Waals surface area contributed by atoms with Gasteiger partial charge >= 0.3 is 12.0 Å². The van der Waals surface area contributed by atoms with E-state index in [4.69, 9.17) is 16.3 Å². The lowest BCUT2D eigenvalue weighted by Crippen LogP contribution is -2.54. The van der Waals surface area contributed by atoms with Crippen molar-refractivity contribution in [2.24, 2.45) is 0 Å². The lowest BCUT2D eigenvalue weighted by molar-refractivity contribution is -0.139. The molecule has 1 aliphatic heterocycles. The van der Waals surface area contributed by atoms with Gasteiger partial charge in [-0.3, -0.25) is 4.79 Å². The molecule has 0 aromatic heterocycles. The number of carboxylic acid groups (broad SMARTS) is 1. The Morgan fingerprint density at radius 2 is 2.39 bits per heavy atom. The molecule has 1 saturated heterocycles. The van der Waals surface area contributed by atoms with Gasteiger partial charge < -0.3 is 20.1 Å². The van der Waals surface area contributed by atoms with Gasteiger partial charge in [-0.05, 0) is 6.92 Å². The number of nitrogens with zero attached hydrogens (tertiary/aromatic N) is 1. The zero-order chi connectivity index (χ0) is 13.5. The Hall–Kier alpha value is -1.74. The number of rotatable bonds is 4. The van der Waals surface area contributed by atoms with Gasteiger partial charge in [0.15, 0.2) is 0 Å². The largest absolute Gasteiger partial charge is 0.481 e. The van der Waals surface area contributed by atoms with E-state index >= 15 is 0 Å². The second-order valence-electron chi connectivity index (χ2n) is 4.28. The molecule has 1 heterocycles. The summed E-state index contributed by atoms with van der Waals surface area (Å²) in [5, 5.41) is 11.5. The fourth-order valence-corrected chi connectivity index (χ4v) is 1.81. The third kappa shape index (κ3) is 4.26. The number of amides is 2. The van der Waals surface area contributed by atoms with E-state index in [-0.39, 0.29) is 25.1 Å². The predicted octanol–water partition coefficient (Wildman–Crippen LogP) is 0.283. The minimum Gasteiger partial charge on any atom is -0.481 e.